The van der Waals surface area contributed by atoms with Crippen molar-refractivity contribution in [2.45, 2.75) is 6.54 Å². The van der Waals surface area contributed by atoms with Crippen LogP contribution in [0.25, 0.3) is 10.9 Å². The first-order valence-corrected chi connectivity index (χ1v) is 6.06. The van der Waals surface area contributed by atoms with Gasteiger partial charge in [0.05, 0.1) is 23.3 Å². The third-order valence-corrected chi connectivity index (χ3v) is 3.14. The van der Waals surface area contributed by atoms with E-state index in [2.05, 4.69) is 4.98 Å². The van der Waals surface area contributed by atoms with E-state index in [0.29, 0.717) is 6.54 Å². The predicted molar refractivity (Wildman–Crippen MR) is 72.2 cm³/mol. The van der Waals surface area contributed by atoms with Gasteiger partial charge in [-0.1, -0.05) is 0 Å². The molecule has 0 saturated heterocycles. The summed E-state index contributed by atoms with van der Waals surface area (Å²) in [6.07, 6.45) is 3.18. The van der Waals surface area contributed by atoms with Crippen molar-refractivity contribution in [3.8, 4) is 0 Å². The van der Waals surface area contributed by atoms with Crippen LogP contribution in [0.4, 0.5) is 4.39 Å². The fourth-order valence-corrected chi connectivity index (χ4v) is 2.11. The number of aromatic carboxylic acids is 1. The van der Waals surface area contributed by atoms with Crippen molar-refractivity contribution in [2.75, 3.05) is 0 Å². The van der Waals surface area contributed by atoms with Crippen LogP contribution in [0, 0.1) is 5.82 Å². The van der Waals surface area contributed by atoms with Crippen molar-refractivity contribution in [3.63, 3.8) is 0 Å². The zero-order valence-corrected chi connectivity index (χ0v) is 10.5. The maximum absolute atomic E-state index is 13.3. The molecule has 0 radical (unpaired) electrons. The Balaban J connectivity index is 1.92. The van der Waals surface area contributed by atoms with Crippen LogP contribution in [-0.4, -0.2) is 20.6 Å². The van der Waals surface area contributed by atoms with E-state index in [1.807, 2.05) is 16.8 Å². The standard InChI is InChI=1S/C15H11FN2O2/c16-12-3-1-10-5-6-18(14(10)7-12)9-13-4-2-11(8-17-13)15(19)20/h1-8H,9H2,(H,19,20). The van der Waals surface area contributed by atoms with Crippen LogP contribution in [0.2, 0.25) is 0 Å². The van der Waals surface area contributed by atoms with Gasteiger partial charge in [0.1, 0.15) is 5.82 Å². The molecule has 0 unspecified atom stereocenters. The number of pyridine rings is 1. The van der Waals surface area contributed by atoms with E-state index >= 15 is 0 Å². The van der Waals surface area contributed by atoms with Crippen LogP contribution in [-0.2, 0) is 6.54 Å². The highest BCUT2D eigenvalue weighted by Crippen LogP contribution is 2.18. The Bertz CT molecular complexity index is 778. The van der Waals surface area contributed by atoms with Gasteiger partial charge >= 0.3 is 5.97 Å². The Labute approximate surface area is 114 Å². The number of benzene rings is 1. The summed E-state index contributed by atoms with van der Waals surface area (Å²) in [6, 6.07) is 9.70. The smallest absolute Gasteiger partial charge is 0.337 e. The van der Waals surface area contributed by atoms with E-state index in [4.69, 9.17) is 5.11 Å². The maximum Gasteiger partial charge on any atom is 0.337 e. The van der Waals surface area contributed by atoms with Crippen LogP contribution in [0.15, 0.2) is 48.8 Å². The minimum Gasteiger partial charge on any atom is -0.478 e. The highest BCUT2D eigenvalue weighted by molar-refractivity contribution is 5.87. The van der Waals surface area contributed by atoms with E-state index in [9.17, 15) is 9.18 Å². The van der Waals surface area contributed by atoms with Gasteiger partial charge in [0.25, 0.3) is 0 Å². The molecule has 2 heterocycles. The summed E-state index contributed by atoms with van der Waals surface area (Å²) in [4.78, 5) is 14.9. The Hall–Kier alpha value is -2.69. The Morgan fingerprint density at radius 3 is 2.80 bits per heavy atom. The summed E-state index contributed by atoms with van der Waals surface area (Å²) in [5.41, 5.74) is 1.66. The van der Waals surface area contributed by atoms with Crippen LogP contribution in [0.3, 0.4) is 0 Å². The van der Waals surface area contributed by atoms with E-state index in [-0.39, 0.29) is 11.4 Å². The van der Waals surface area contributed by atoms with E-state index < -0.39 is 5.97 Å². The van der Waals surface area contributed by atoms with E-state index in [0.717, 1.165) is 16.6 Å². The first-order chi connectivity index (χ1) is 9.63. The second-order valence-corrected chi connectivity index (χ2v) is 4.49. The van der Waals surface area contributed by atoms with Crippen molar-refractivity contribution >= 4 is 16.9 Å². The van der Waals surface area contributed by atoms with Crippen molar-refractivity contribution in [3.05, 3.63) is 65.9 Å². The molecule has 3 aromatic rings. The number of aromatic nitrogens is 2. The average molecular weight is 270 g/mol. The van der Waals surface area contributed by atoms with Crippen molar-refractivity contribution in [1.29, 1.82) is 0 Å². The van der Waals surface area contributed by atoms with Crippen LogP contribution >= 0.6 is 0 Å². The Kier molecular flexibility index (Phi) is 2.95. The molecule has 2 aromatic heterocycles. The lowest BCUT2D eigenvalue weighted by Crippen LogP contribution is -2.03. The van der Waals surface area contributed by atoms with E-state index in [1.54, 1.807) is 12.1 Å². The lowest BCUT2D eigenvalue weighted by molar-refractivity contribution is 0.0696. The number of carboxylic acids is 1. The second-order valence-electron chi connectivity index (χ2n) is 4.49. The summed E-state index contributed by atoms with van der Waals surface area (Å²) >= 11 is 0. The second kappa shape index (κ2) is 4.77. The summed E-state index contributed by atoms with van der Waals surface area (Å²) < 4.78 is 15.2. The number of carbonyl (C=O) groups is 1. The fourth-order valence-electron chi connectivity index (χ4n) is 2.11. The van der Waals surface area contributed by atoms with Gasteiger partial charge in [0.15, 0.2) is 0 Å². The maximum atomic E-state index is 13.3. The number of nitrogens with zero attached hydrogens (tertiary/aromatic N) is 2. The van der Waals surface area contributed by atoms with Crippen LogP contribution < -0.4 is 0 Å². The molecule has 0 saturated carbocycles. The monoisotopic (exact) mass is 270 g/mol. The van der Waals surface area contributed by atoms with Gasteiger partial charge in [-0.05, 0) is 41.8 Å². The molecule has 1 aromatic carbocycles. The number of halogens is 1. The minimum absolute atomic E-state index is 0.150. The summed E-state index contributed by atoms with van der Waals surface area (Å²) in [7, 11) is 0. The molecule has 20 heavy (non-hydrogen) atoms. The highest BCUT2D eigenvalue weighted by Gasteiger charge is 2.06. The molecule has 0 aliphatic carbocycles. The van der Waals surface area contributed by atoms with Gasteiger partial charge in [-0.3, -0.25) is 4.98 Å². The zero-order chi connectivity index (χ0) is 14.1. The fraction of sp³-hybridized carbons (Fsp3) is 0.0667. The van der Waals surface area contributed by atoms with Crippen molar-refractivity contribution in [1.82, 2.24) is 9.55 Å². The lowest BCUT2D eigenvalue weighted by atomic mass is 10.2. The molecule has 0 aliphatic rings. The number of rotatable bonds is 3. The quantitative estimate of drug-likeness (QED) is 0.796. The van der Waals surface area contributed by atoms with Crippen LogP contribution in [0.1, 0.15) is 16.1 Å². The molecule has 100 valence electrons. The van der Waals surface area contributed by atoms with Gasteiger partial charge in [-0.15, -0.1) is 0 Å². The Morgan fingerprint density at radius 2 is 2.10 bits per heavy atom. The molecule has 0 atom stereocenters. The topological polar surface area (TPSA) is 55.1 Å². The molecular weight excluding hydrogens is 259 g/mol. The molecule has 0 fully saturated rings. The molecule has 0 spiro atoms. The van der Waals surface area contributed by atoms with Gasteiger partial charge in [0.2, 0.25) is 0 Å². The minimum atomic E-state index is -1.00. The number of carboxylic acid groups (broad SMARTS) is 1. The van der Waals surface area contributed by atoms with E-state index in [1.165, 1.54) is 24.4 Å². The highest BCUT2D eigenvalue weighted by atomic mass is 19.1. The van der Waals surface area contributed by atoms with Gasteiger partial charge in [-0.2, -0.15) is 0 Å². The SMILES string of the molecule is O=C(O)c1ccc(Cn2ccc3ccc(F)cc32)nc1. The number of hydrogen-bond donors (Lipinski definition) is 1. The number of fused-ring (bicyclic) bond motifs is 1. The molecule has 0 aliphatic heterocycles. The van der Waals surface area contributed by atoms with Gasteiger partial charge < -0.3 is 9.67 Å². The van der Waals surface area contributed by atoms with Gasteiger partial charge in [-0.25, -0.2) is 9.18 Å². The predicted octanol–water partition coefficient (Wildman–Crippen LogP) is 2.92. The molecule has 5 heteroatoms. The third kappa shape index (κ3) is 2.25. The molecule has 1 N–H and O–H groups in total. The molecular formula is C15H11FN2O2. The first kappa shape index (κ1) is 12.3. The van der Waals surface area contributed by atoms with Gasteiger partial charge in [0, 0.05) is 12.4 Å². The molecule has 3 rings (SSSR count). The first-order valence-electron chi connectivity index (χ1n) is 6.06. The largest absolute Gasteiger partial charge is 0.478 e. The molecule has 0 amide bonds. The number of hydrogen-bond acceptors (Lipinski definition) is 2. The zero-order valence-electron chi connectivity index (χ0n) is 10.5. The van der Waals surface area contributed by atoms with Crippen molar-refractivity contribution in [2.24, 2.45) is 0 Å². The summed E-state index contributed by atoms with van der Waals surface area (Å²) in [5, 5.41) is 9.77. The normalized spacial score (nSPS) is 10.8. The summed E-state index contributed by atoms with van der Waals surface area (Å²) in [6.45, 7) is 0.465. The third-order valence-electron chi connectivity index (χ3n) is 3.14. The average Bonchev–Trinajstić information content (AvgIpc) is 2.82. The molecule has 4 nitrogen and oxygen atoms in total. The summed E-state index contributed by atoms with van der Waals surface area (Å²) in [5.74, 6) is -1.29. The van der Waals surface area contributed by atoms with Crippen LogP contribution in [0.5, 0.6) is 0 Å². The lowest BCUT2D eigenvalue weighted by Gasteiger charge is -2.05. The Morgan fingerprint density at radius 1 is 1.25 bits per heavy atom. The van der Waals surface area contributed by atoms with Crippen molar-refractivity contribution < 1.29 is 14.3 Å². The molecule has 0 bridgehead atoms.